The molecule has 0 bridgehead atoms. The van der Waals surface area contributed by atoms with Crippen molar-refractivity contribution in [2.24, 2.45) is 0 Å². The second kappa shape index (κ2) is 16.1. The summed E-state index contributed by atoms with van der Waals surface area (Å²) in [6, 6.07) is 28.5. The van der Waals surface area contributed by atoms with Crippen molar-refractivity contribution in [1.82, 2.24) is 14.5 Å². The van der Waals surface area contributed by atoms with E-state index in [-0.39, 0.29) is 32.1 Å². The van der Waals surface area contributed by atoms with E-state index < -0.39 is 7.60 Å². The van der Waals surface area contributed by atoms with Crippen molar-refractivity contribution >= 4 is 42.6 Å². The van der Waals surface area contributed by atoms with Crippen LogP contribution in [-0.4, -0.2) is 20.9 Å². The van der Waals surface area contributed by atoms with E-state index in [1.165, 1.54) is 0 Å². The zero-order chi connectivity index (χ0) is 31.6. The number of halogens is 2. The highest BCUT2D eigenvalue weighted by atomic mass is 35.5. The Morgan fingerprint density at radius 2 is 1.38 bits per heavy atom. The van der Waals surface area contributed by atoms with Gasteiger partial charge in [0.15, 0.2) is 0 Å². The van der Waals surface area contributed by atoms with Crippen molar-refractivity contribution < 1.29 is 18.3 Å². The number of benzene rings is 3. The Morgan fingerprint density at radius 3 is 1.93 bits per heavy atom. The van der Waals surface area contributed by atoms with Gasteiger partial charge in [0.05, 0.1) is 25.5 Å². The van der Waals surface area contributed by atoms with Crippen molar-refractivity contribution in [2.75, 3.05) is 6.35 Å². The van der Waals surface area contributed by atoms with Gasteiger partial charge in [-0.2, -0.15) is 0 Å². The number of pyridine rings is 1. The Kier molecular flexibility index (Phi) is 11.9. The molecule has 0 unspecified atom stereocenters. The summed E-state index contributed by atoms with van der Waals surface area (Å²) in [5, 5.41) is 2.06. The molecule has 0 spiro atoms. The Labute approximate surface area is 278 Å². The maximum Gasteiger partial charge on any atom is 0.356 e. The fourth-order valence-electron chi connectivity index (χ4n) is 4.48. The summed E-state index contributed by atoms with van der Waals surface area (Å²) >= 11 is 14.2. The lowest BCUT2D eigenvalue weighted by Crippen LogP contribution is -2.10. The maximum atomic E-state index is 14.0. The molecule has 11 heteroatoms. The van der Waals surface area contributed by atoms with E-state index in [4.69, 9.17) is 42.0 Å². The molecule has 0 saturated carbocycles. The van der Waals surface area contributed by atoms with Crippen molar-refractivity contribution in [3.8, 4) is 0 Å². The van der Waals surface area contributed by atoms with E-state index in [2.05, 4.69) is 23.4 Å². The lowest BCUT2D eigenvalue weighted by Gasteiger charge is -2.19. The minimum Gasteiger partial charge on any atom is -0.361 e. The summed E-state index contributed by atoms with van der Waals surface area (Å²) in [6.45, 7) is 5.09. The van der Waals surface area contributed by atoms with Gasteiger partial charge in [-0.3, -0.25) is 9.55 Å². The predicted octanol–water partition coefficient (Wildman–Crippen LogP) is 10.0. The molecule has 7 nitrogen and oxygen atoms in total. The highest BCUT2D eigenvalue weighted by Crippen LogP contribution is 2.50. The Hall–Kier alpha value is -2.94. The van der Waals surface area contributed by atoms with Crippen LogP contribution in [0.15, 0.2) is 113 Å². The zero-order valence-electron chi connectivity index (χ0n) is 25.0. The van der Waals surface area contributed by atoms with Crippen molar-refractivity contribution in [3.05, 3.63) is 142 Å². The molecule has 0 saturated heterocycles. The van der Waals surface area contributed by atoms with Gasteiger partial charge in [-0.1, -0.05) is 109 Å². The fraction of sp³-hybridized carbons (Fsp3) is 0.235. The summed E-state index contributed by atoms with van der Waals surface area (Å²) in [5.74, 6) is 0.804. The second-order valence-corrected chi connectivity index (χ2v) is 14.6. The van der Waals surface area contributed by atoms with Crippen LogP contribution in [0.2, 0.25) is 10.0 Å². The Balaban J connectivity index is 1.40. The molecule has 0 radical (unpaired) electrons. The molecule has 0 N–H and O–H groups in total. The molecular formula is C34H34Cl2N3O4PS. The second-order valence-electron chi connectivity index (χ2n) is 10.6. The van der Waals surface area contributed by atoms with E-state index in [9.17, 15) is 4.57 Å². The standard InChI is InChI=1S/C34H34Cl2N3O4PS/c1-25(2)33-34(45-31-18-29(35)17-30(36)19-31)39(20-26-13-15-37-16-14-26)32(38-33)23-41-24-44(40,42-21-27-9-5-3-6-10-27)43-22-28-11-7-4-8-12-28/h3-19,25H,20-24H2,1-2H3. The largest absolute Gasteiger partial charge is 0.361 e. The van der Waals surface area contributed by atoms with Crippen molar-refractivity contribution in [3.63, 3.8) is 0 Å². The number of hydrogen-bond acceptors (Lipinski definition) is 7. The lowest BCUT2D eigenvalue weighted by atomic mass is 10.1. The van der Waals surface area contributed by atoms with Gasteiger partial charge in [-0.25, -0.2) is 4.98 Å². The van der Waals surface area contributed by atoms with Crippen LogP contribution in [0.3, 0.4) is 0 Å². The molecule has 0 atom stereocenters. The quantitative estimate of drug-likeness (QED) is 0.102. The van der Waals surface area contributed by atoms with Gasteiger partial charge in [-0.15, -0.1) is 0 Å². The summed E-state index contributed by atoms with van der Waals surface area (Å²) in [7, 11) is -3.66. The van der Waals surface area contributed by atoms with Crippen LogP contribution in [0.25, 0.3) is 0 Å². The molecule has 0 fully saturated rings. The molecule has 0 aliphatic carbocycles. The first-order valence-corrected chi connectivity index (χ1v) is 17.7. The molecule has 0 amide bonds. The average Bonchev–Trinajstić information content (AvgIpc) is 3.36. The van der Waals surface area contributed by atoms with Gasteiger partial charge < -0.3 is 18.4 Å². The first kappa shape index (κ1) is 33.4. The van der Waals surface area contributed by atoms with Gasteiger partial charge in [0.1, 0.15) is 23.8 Å². The summed E-state index contributed by atoms with van der Waals surface area (Å²) < 4.78 is 34.0. The highest BCUT2D eigenvalue weighted by molar-refractivity contribution is 7.99. The molecule has 5 rings (SSSR count). The monoisotopic (exact) mass is 681 g/mol. The molecule has 0 aliphatic rings. The van der Waals surface area contributed by atoms with E-state index >= 15 is 0 Å². The minimum absolute atomic E-state index is 0.0923. The van der Waals surface area contributed by atoms with Gasteiger partial charge in [0.2, 0.25) is 0 Å². The number of rotatable bonds is 15. The fourth-order valence-corrected chi connectivity index (χ4v) is 7.63. The number of nitrogens with zero attached hydrogens (tertiary/aromatic N) is 3. The smallest absolute Gasteiger partial charge is 0.356 e. The average molecular weight is 683 g/mol. The van der Waals surface area contributed by atoms with E-state index in [0.717, 1.165) is 32.3 Å². The third kappa shape index (κ3) is 9.77. The summed E-state index contributed by atoms with van der Waals surface area (Å²) in [6.07, 6.45) is 3.29. The number of hydrogen-bond donors (Lipinski definition) is 0. The van der Waals surface area contributed by atoms with Crippen LogP contribution in [0.5, 0.6) is 0 Å². The van der Waals surface area contributed by atoms with Crippen LogP contribution in [0.1, 0.15) is 48.0 Å². The summed E-state index contributed by atoms with van der Waals surface area (Å²) in [5.41, 5.74) is 3.73. The van der Waals surface area contributed by atoms with Crippen LogP contribution in [0.4, 0.5) is 0 Å². The van der Waals surface area contributed by atoms with E-state index in [0.29, 0.717) is 22.4 Å². The molecule has 3 aromatic carbocycles. The zero-order valence-corrected chi connectivity index (χ0v) is 28.2. The van der Waals surface area contributed by atoms with Crippen LogP contribution < -0.4 is 0 Å². The van der Waals surface area contributed by atoms with Gasteiger partial charge in [0, 0.05) is 27.3 Å². The third-order valence-corrected chi connectivity index (χ3v) is 9.81. The third-order valence-electron chi connectivity index (χ3n) is 6.73. The minimum atomic E-state index is -3.66. The number of imidazole rings is 1. The number of aromatic nitrogens is 3. The van der Waals surface area contributed by atoms with E-state index in [1.54, 1.807) is 30.2 Å². The van der Waals surface area contributed by atoms with Gasteiger partial charge in [0.25, 0.3) is 0 Å². The molecule has 45 heavy (non-hydrogen) atoms. The lowest BCUT2D eigenvalue weighted by molar-refractivity contribution is 0.108. The normalized spacial score (nSPS) is 11.8. The molecule has 2 aromatic heterocycles. The maximum absolute atomic E-state index is 14.0. The number of ether oxygens (including phenoxy) is 1. The Bertz CT molecular complexity index is 1660. The molecule has 0 aliphatic heterocycles. The molecule has 2 heterocycles. The van der Waals surface area contributed by atoms with Gasteiger partial charge >= 0.3 is 7.60 Å². The van der Waals surface area contributed by atoms with Gasteiger partial charge in [-0.05, 0) is 52.9 Å². The Morgan fingerprint density at radius 1 is 0.800 bits per heavy atom. The van der Waals surface area contributed by atoms with Crippen LogP contribution in [0, 0.1) is 0 Å². The topological polar surface area (TPSA) is 75.5 Å². The summed E-state index contributed by atoms with van der Waals surface area (Å²) in [4.78, 5) is 10.1. The van der Waals surface area contributed by atoms with Crippen molar-refractivity contribution in [2.45, 2.75) is 56.1 Å². The predicted molar refractivity (Wildman–Crippen MR) is 180 cm³/mol. The van der Waals surface area contributed by atoms with Crippen LogP contribution >= 0.6 is 42.6 Å². The SMILES string of the molecule is CC(C)c1nc(COCP(=O)(OCc2ccccc2)OCc2ccccc2)n(Cc2ccncc2)c1Sc1cc(Cl)cc(Cl)c1. The van der Waals surface area contributed by atoms with Crippen molar-refractivity contribution in [1.29, 1.82) is 0 Å². The van der Waals surface area contributed by atoms with Crippen LogP contribution in [-0.2, 0) is 44.7 Å². The first-order valence-electron chi connectivity index (χ1n) is 14.4. The highest BCUT2D eigenvalue weighted by Gasteiger charge is 2.27. The first-order chi connectivity index (χ1) is 21.8. The molecular weight excluding hydrogens is 648 g/mol. The molecule has 234 valence electrons. The molecule has 5 aromatic rings. The van der Waals surface area contributed by atoms with E-state index in [1.807, 2.05) is 84.9 Å².